The number of hydrogen-bond acceptors (Lipinski definition) is 7. The number of thiazole rings is 1. The van der Waals surface area contributed by atoms with Crippen LogP contribution in [0.2, 0.25) is 0 Å². The molecule has 1 saturated heterocycles. The van der Waals surface area contributed by atoms with E-state index in [0.29, 0.717) is 14.1 Å². The van der Waals surface area contributed by atoms with Gasteiger partial charge in [-0.25, -0.2) is 0 Å². The number of fused-ring (bicyclic) bond motifs is 1. The predicted molar refractivity (Wildman–Crippen MR) is 159 cm³/mol. The van der Waals surface area contributed by atoms with E-state index in [0.717, 1.165) is 71.0 Å². The number of thiophene rings is 1. The number of pyridine rings is 1. The highest BCUT2D eigenvalue weighted by molar-refractivity contribution is 7.17. The normalized spacial score (nSPS) is 14.6. The fraction of sp³-hybridized carbons (Fsp3) is 0.167. The molecule has 0 aliphatic carbocycles. The molecule has 4 heterocycles. The van der Waals surface area contributed by atoms with Crippen molar-refractivity contribution in [2.75, 3.05) is 31.6 Å². The Kier molecular flexibility index (Phi) is 7.21. The minimum absolute atomic E-state index is 0.136. The first-order valence-electron chi connectivity index (χ1n) is 12.6. The zero-order valence-corrected chi connectivity index (χ0v) is 22.7. The molecule has 0 atom stereocenters. The lowest BCUT2D eigenvalue weighted by Crippen LogP contribution is -2.35. The van der Waals surface area contributed by atoms with Gasteiger partial charge >= 0.3 is 0 Å². The van der Waals surface area contributed by atoms with Crippen molar-refractivity contribution in [3.05, 3.63) is 102 Å². The average Bonchev–Trinajstić information content (AvgIpc) is 3.55. The maximum Gasteiger partial charge on any atom is 0.266 e. The first-order valence-corrected chi connectivity index (χ1v) is 14.2. The van der Waals surface area contributed by atoms with Gasteiger partial charge in [0.2, 0.25) is 0 Å². The second kappa shape index (κ2) is 11.1. The highest BCUT2D eigenvalue weighted by Gasteiger charge is 2.15. The van der Waals surface area contributed by atoms with Crippen LogP contribution in [-0.4, -0.2) is 47.1 Å². The molecule has 0 saturated carbocycles. The maximum atomic E-state index is 13.1. The van der Waals surface area contributed by atoms with E-state index in [1.807, 2.05) is 60.7 Å². The van der Waals surface area contributed by atoms with Crippen LogP contribution in [0.5, 0.6) is 0 Å². The smallest absolute Gasteiger partial charge is 0.266 e. The third kappa shape index (κ3) is 5.76. The molecule has 196 valence electrons. The molecule has 9 heteroatoms. The molecule has 1 amide bonds. The molecule has 2 N–H and O–H groups in total. The summed E-state index contributed by atoms with van der Waals surface area (Å²) in [6, 6.07) is 19.7. The van der Waals surface area contributed by atoms with Crippen molar-refractivity contribution in [1.82, 2.24) is 14.9 Å². The number of benzene rings is 2. The molecule has 1 aliphatic rings. The summed E-state index contributed by atoms with van der Waals surface area (Å²) in [6.07, 6.45) is 3.63. The topological polar surface area (TPSA) is 87.3 Å². The molecular weight excluding hydrogens is 528 g/mol. The highest BCUT2D eigenvalue weighted by atomic mass is 32.1. The molecule has 0 spiro atoms. The highest BCUT2D eigenvalue weighted by Crippen LogP contribution is 2.34. The van der Waals surface area contributed by atoms with E-state index >= 15 is 0 Å². The third-order valence-corrected chi connectivity index (χ3v) is 8.55. The first-order chi connectivity index (χ1) is 19.0. The molecule has 1 fully saturated rings. The second-order valence-corrected chi connectivity index (χ2v) is 11.6. The number of nitrogens with one attached hydrogen (secondary N) is 2. The van der Waals surface area contributed by atoms with Gasteiger partial charge in [-0.2, -0.15) is 0 Å². The Hall–Kier alpha value is -3.89. The van der Waals surface area contributed by atoms with Gasteiger partial charge in [0.15, 0.2) is 0 Å². The fourth-order valence-corrected chi connectivity index (χ4v) is 6.36. The summed E-state index contributed by atoms with van der Waals surface area (Å²) in [5.41, 5.74) is 4.54. The number of carbonyl (C=O) groups is 1. The SMILES string of the molecule is C=c1[nH]c(=O)/c(=C/c2ccc3nccc(-c4ccc(C(=O)Nc5cccc(CN6CCOCC6)c5)s4)c3c2)s1. The van der Waals surface area contributed by atoms with Gasteiger partial charge in [-0.15, -0.1) is 22.7 Å². The van der Waals surface area contributed by atoms with E-state index in [9.17, 15) is 9.59 Å². The van der Waals surface area contributed by atoms with Crippen molar-refractivity contribution < 1.29 is 9.53 Å². The molecule has 5 aromatic rings. The number of rotatable bonds is 6. The van der Waals surface area contributed by atoms with Crippen LogP contribution in [0.1, 0.15) is 20.8 Å². The molecule has 6 rings (SSSR count). The number of ether oxygens (including phenoxy) is 1. The summed E-state index contributed by atoms with van der Waals surface area (Å²) in [5.74, 6) is -0.136. The predicted octanol–water partition coefficient (Wildman–Crippen LogP) is 4.04. The molecule has 0 bridgehead atoms. The number of nitrogens with zero attached hydrogens (tertiary/aromatic N) is 2. The van der Waals surface area contributed by atoms with E-state index in [1.165, 1.54) is 22.7 Å². The van der Waals surface area contributed by atoms with Crippen LogP contribution < -0.4 is 20.1 Å². The number of hydrogen-bond donors (Lipinski definition) is 2. The monoisotopic (exact) mass is 554 g/mol. The maximum absolute atomic E-state index is 13.1. The van der Waals surface area contributed by atoms with Gasteiger partial charge in [0.05, 0.1) is 32.8 Å². The Balaban J connectivity index is 1.24. The van der Waals surface area contributed by atoms with Gasteiger partial charge in [0.25, 0.3) is 11.5 Å². The van der Waals surface area contributed by atoms with Gasteiger partial charge in [0.1, 0.15) is 0 Å². The van der Waals surface area contributed by atoms with Gasteiger partial charge in [0, 0.05) is 47.3 Å². The van der Waals surface area contributed by atoms with Gasteiger partial charge in [-0.3, -0.25) is 19.5 Å². The minimum Gasteiger partial charge on any atom is -0.379 e. The Morgan fingerprint density at radius 3 is 2.79 bits per heavy atom. The Labute approximate surface area is 232 Å². The van der Waals surface area contributed by atoms with Crippen molar-refractivity contribution in [1.29, 1.82) is 0 Å². The number of H-pyrrole nitrogens is 1. The lowest BCUT2D eigenvalue weighted by Gasteiger charge is -2.26. The van der Waals surface area contributed by atoms with Crippen LogP contribution in [0.15, 0.2) is 71.7 Å². The van der Waals surface area contributed by atoms with E-state index in [2.05, 4.69) is 32.8 Å². The Morgan fingerprint density at radius 1 is 1.10 bits per heavy atom. The van der Waals surface area contributed by atoms with Crippen molar-refractivity contribution in [3.8, 4) is 10.4 Å². The van der Waals surface area contributed by atoms with E-state index < -0.39 is 0 Å². The van der Waals surface area contributed by atoms with E-state index in [-0.39, 0.29) is 11.5 Å². The summed E-state index contributed by atoms with van der Waals surface area (Å²) in [4.78, 5) is 36.5. The molecule has 39 heavy (non-hydrogen) atoms. The van der Waals surface area contributed by atoms with Crippen molar-refractivity contribution in [2.24, 2.45) is 0 Å². The number of amides is 1. The van der Waals surface area contributed by atoms with Crippen LogP contribution in [0.3, 0.4) is 0 Å². The Morgan fingerprint density at radius 2 is 1.97 bits per heavy atom. The molecule has 7 nitrogen and oxygen atoms in total. The quantitative estimate of drug-likeness (QED) is 0.331. The van der Waals surface area contributed by atoms with Crippen LogP contribution in [-0.2, 0) is 11.3 Å². The number of morpholine rings is 1. The molecule has 3 aromatic heterocycles. The first kappa shape index (κ1) is 25.4. The van der Waals surface area contributed by atoms with Crippen LogP contribution in [0.25, 0.3) is 34.0 Å². The van der Waals surface area contributed by atoms with Crippen molar-refractivity contribution >= 4 is 57.8 Å². The molecule has 0 radical (unpaired) electrons. The van der Waals surface area contributed by atoms with Crippen molar-refractivity contribution in [2.45, 2.75) is 6.54 Å². The third-order valence-electron chi connectivity index (χ3n) is 6.56. The summed E-state index contributed by atoms with van der Waals surface area (Å²) >= 11 is 2.77. The number of carbonyl (C=O) groups excluding carboxylic acids is 1. The molecule has 1 aliphatic heterocycles. The Bertz CT molecular complexity index is 1830. The lowest BCUT2D eigenvalue weighted by molar-refractivity contribution is 0.0342. The van der Waals surface area contributed by atoms with E-state index in [1.54, 1.807) is 6.20 Å². The standard InChI is InChI=1S/C30H26N4O3S2/c1-19-32-30(36)28(38-19)17-20-5-6-25-24(16-20)23(9-10-31-25)26-7-8-27(39-26)29(35)33-22-4-2-3-21(15-22)18-34-11-13-37-14-12-34/h2-10,15-17H,1,11-14,18H2,(H,32,36)(H,33,35)/b28-17-. The largest absolute Gasteiger partial charge is 0.379 e. The van der Waals surface area contributed by atoms with Crippen molar-refractivity contribution in [3.63, 3.8) is 0 Å². The fourth-order valence-electron chi connectivity index (χ4n) is 4.67. The molecular formula is C30H26N4O3S2. The van der Waals surface area contributed by atoms with Crippen LogP contribution in [0, 0.1) is 0 Å². The summed E-state index contributed by atoms with van der Waals surface area (Å²) in [7, 11) is 0. The van der Waals surface area contributed by atoms with Crippen LogP contribution >= 0.6 is 22.7 Å². The van der Waals surface area contributed by atoms with Gasteiger partial charge in [-0.05, 0) is 59.7 Å². The zero-order chi connectivity index (χ0) is 26.8. The van der Waals surface area contributed by atoms with E-state index in [4.69, 9.17) is 4.74 Å². The van der Waals surface area contributed by atoms with Gasteiger partial charge < -0.3 is 15.0 Å². The van der Waals surface area contributed by atoms with Crippen LogP contribution in [0.4, 0.5) is 5.69 Å². The number of anilines is 1. The lowest BCUT2D eigenvalue weighted by atomic mass is 10.0. The summed E-state index contributed by atoms with van der Waals surface area (Å²) < 4.78 is 6.67. The number of aromatic nitrogens is 2. The minimum atomic E-state index is -0.142. The molecule has 0 unspecified atom stereocenters. The van der Waals surface area contributed by atoms with Gasteiger partial charge in [-0.1, -0.05) is 24.8 Å². The summed E-state index contributed by atoms with van der Waals surface area (Å²) in [5, 5.41) is 4.01. The zero-order valence-electron chi connectivity index (χ0n) is 21.1. The second-order valence-electron chi connectivity index (χ2n) is 9.33. The number of aromatic amines is 1. The molecule has 2 aromatic carbocycles. The summed E-state index contributed by atoms with van der Waals surface area (Å²) in [6.45, 7) is 8.00. The average molecular weight is 555 g/mol.